The Bertz CT molecular complexity index is 510. The fourth-order valence-electron chi connectivity index (χ4n) is 1.60. The first-order valence-electron chi connectivity index (χ1n) is 4.75. The molecule has 90 valence electrons. The van der Waals surface area contributed by atoms with Gasteiger partial charge in [0.05, 0.1) is 6.04 Å². The van der Waals surface area contributed by atoms with Gasteiger partial charge in [-0.05, 0) is 44.6 Å². The van der Waals surface area contributed by atoms with Crippen LogP contribution in [0.5, 0.6) is 0 Å². The highest BCUT2D eigenvalue weighted by atomic mass is 79.9. The van der Waals surface area contributed by atoms with Crippen molar-refractivity contribution in [2.24, 2.45) is 5.84 Å². The minimum absolute atomic E-state index is 0.444. The zero-order valence-corrected chi connectivity index (χ0v) is 11.0. The number of hydrogen-bond donors (Lipinski definition) is 2. The van der Waals surface area contributed by atoms with Gasteiger partial charge in [-0.1, -0.05) is 0 Å². The molecular formula is C11H9BrF2N2S. The van der Waals surface area contributed by atoms with Gasteiger partial charge in [0.1, 0.15) is 11.6 Å². The molecule has 0 fully saturated rings. The predicted octanol–water partition coefficient (Wildman–Crippen LogP) is 3.34. The molecule has 0 amide bonds. The molecule has 0 aliphatic carbocycles. The highest BCUT2D eigenvalue weighted by molar-refractivity contribution is 9.10. The molecule has 6 heteroatoms. The van der Waals surface area contributed by atoms with Gasteiger partial charge in [0.15, 0.2) is 0 Å². The largest absolute Gasteiger partial charge is 0.271 e. The second kappa shape index (κ2) is 5.22. The van der Waals surface area contributed by atoms with Crippen LogP contribution in [0.3, 0.4) is 0 Å². The molecule has 1 atom stereocenters. The summed E-state index contributed by atoms with van der Waals surface area (Å²) in [5.41, 5.74) is 3.86. The lowest BCUT2D eigenvalue weighted by molar-refractivity contribution is 0.566. The molecule has 0 saturated carbocycles. The maximum absolute atomic E-state index is 13.1. The van der Waals surface area contributed by atoms with Crippen LogP contribution in [0, 0.1) is 11.6 Å². The molecule has 0 aliphatic heterocycles. The van der Waals surface area contributed by atoms with E-state index in [-0.39, 0.29) is 0 Å². The number of nitrogens with two attached hydrogens (primary N) is 1. The normalized spacial score (nSPS) is 12.7. The Morgan fingerprint density at radius 1 is 1.18 bits per heavy atom. The van der Waals surface area contributed by atoms with Crippen LogP contribution in [0.15, 0.2) is 33.4 Å². The molecule has 0 bridgehead atoms. The highest BCUT2D eigenvalue weighted by Crippen LogP contribution is 2.31. The third-order valence-corrected chi connectivity index (χ3v) is 4.09. The Balaban J connectivity index is 2.45. The van der Waals surface area contributed by atoms with Gasteiger partial charge >= 0.3 is 0 Å². The maximum atomic E-state index is 13.1. The van der Waals surface area contributed by atoms with Crippen LogP contribution < -0.4 is 11.3 Å². The van der Waals surface area contributed by atoms with Crippen molar-refractivity contribution >= 4 is 27.3 Å². The second-order valence-electron chi connectivity index (χ2n) is 3.48. The number of hydrogen-bond acceptors (Lipinski definition) is 3. The third kappa shape index (κ3) is 2.71. The Morgan fingerprint density at radius 2 is 1.82 bits per heavy atom. The van der Waals surface area contributed by atoms with E-state index in [1.165, 1.54) is 23.5 Å². The van der Waals surface area contributed by atoms with Crippen molar-refractivity contribution in [3.05, 3.63) is 56.2 Å². The molecule has 1 aromatic heterocycles. The Labute approximate surface area is 110 Å². The summed E-state index contributed by atoms with van der Waals surface area (Å²) in [6.45, 7) is 0. The molecule has 2 aromatic rings. The van der Waals surface area contributed by atoms with E-state index in [1.807, 2.05) is 10.8 Å². The Kier molecular flexibility index (Phi) is 3.88. The first kappa shape index (κ1) is 12.6. The molecule has 1 aromatic carbocycles. The highest BCUT2D eigenvalue weighted by Gasteiger charge is 2.17. The van der Waals surface area contributed by atoms with E-state index in [1.54, 1.807) is 0 Å². The minimum Gasteiger partial charge on any atom is -0.271 e. The van der Waals surface area contributed by atoms with E-state index in [9.17, 15) is 8.78 Å². The molecule has 0 aliphatic rings. The molecule has 1 heterocycles. The van der Waals surface area contributed by atoms with Crippen LogP contribution in [0.4, 0.5) is 8.78 Å². The lowest BCUT2D eigenvalue weighted by Gasteiger charge is -2.16. The molecule has 0 spiro atoms. The van der Waals surface area contributed by atoms with E-state index in [0.717, 1.165) is 16.1 Å². The van der Waals surface area contributed by atoms with Crippen LogP contribution in [-0.2, 0) is 0 Å². The standard InChI is InChI=1S/C11H9BrF2N2S/c12-10-5-17-4-9(10)11(16-15)6-1-7(13)3-8(14)2-6/h1-5,11,16H,15H2. The number of benzene rings is 1. The topological polar surface area (TPSA) is 38.0 Å². The zero-order valence-electron chi connectivity index (χ0n) is 8.58. The molecule has 2 nitrogen and oxygen atoms in total. The first-order valence-corrected chi connectivity index (χ1v) is 6.49. The van der Waals surface area contributed by atoms with Gasteiger partial charge < -0.3 is 0 Å². The number of rotatable bonds is 3. The summed E-state index contributed by atoms with van der Waals surface area (Å²) in [6, 6.07) is 2.91. The second-order valence-corrected chi connectivity index (χ2v) is 5.08. The number of thiophene rings is 1. The summed E-state index contributed by atoms with van der Waals surface area (Å²) in [7, 11) is 0. The van der Waals surface area contributed by atoms with Crippen LogP contribution in [-0.4, -0.2) is 0 Å². The van der Waals surface area contributed by atoms with Gasteiger partial charge in [0.25, 0.3) is 0 Å². The predicted molar refractivity (Wildman–Crippen MR) is 67.5 cm³/mol. The third-order valence-electron chi connectivity index (χ3n) is 2.34. The van der Waals surface area contributed by atoms with Gasteiger partial charge in [-0.15, -0.1) is 0 Å². The van der Waals surface area contributed by atoms with Gasteiger partial charge in [0, 0.05) is 15.9 Å². The summed E-state index contributed by atoms with van der Waals surface area (Å²) in [6.07, 6.45) is 0. The monoisotopic (exact) mass is 318 g/mol. The fourth-order valence-corrected chi connectivity index (χ4v) is 3.16. The van der Waals surface area contributed by atoms with Crippen molar-refractivity contribution in [2.45, 2.75) is 6.04 Å². The van der Waals surface area contributed by atoms with Crippen LogP contribution in [0.1, 0.15) is 17.2 Å². The smallest absolute Gasteiger partial charge is 0.126 e. The molecule has 17 heavy (non-hydrogen) atoms. The molecular weight excluding hydrogens is 310 g/mol. The molecule has 1 unspecified atom stereocenters. The van der Waals surface area contributed by atoms with Crippen LogP contribution in [0.2, 0.25) is 0 Å². The molecule has 0 radical (unpaired) electrons. The van der Waals surface area contributed by atoms with E-state index >= 15 is 0 Å². The van der Waals surface area contributed by atoms with Crippen molar-refractivity contribution < 1.29 is 8.78 Å². The summed E-state index contributed by atoms with van der Waals surface area (Å²) in [5, 5.41) is 3.76. The Hall–Kier alpha value is -0.820. The average Bonchev–Trinajstić information content (AvgIpc) is 2.65. The number of hydrazine groups is 1. The van der Waals surface area contributed by atoms with E-state index < -0.39 is 17.7 Å². The van der Waals surface area contributed by atoms with Crippen LogP contribution >= 0.6 is 27.3 Å². The van der Waals surface area contributed by atoms with Crippen molar-refractivity contribution in [3.8, 4) is 0 Å². The summed E-state index contributed by atoms with van der Waals surface area (Å²) < 4.78 is 27.2. The zero-order chi connectivity index (χ0) is 12.4. The van der Waals surface area contributed by atoms with E-state index in [0.29, 0.717) is 5.56 Å². The minimum atomic E-state index is -0.619. The van der Waals surface area contributed by atoms with E-state index in [4.69, 9.17) is 5.84 Å². The van der Waals surface area contributed by atoms with Gasteiger partial charge in [-0.25, -0.2) is 14.2 Å². The summed E-state index contributed by atoms with van der Waals surface area (Å²) in [5.74, 6) is 4.22. The van der Waals surface area contributed by atoms with Gasteiger partial charge in [-0.3, -0.25) is 5.84 Å². The fraction of sp³-hybridized carbons (Fsp3) is 0.0909. The van der Waals surface area contributed by atoms with Crippen molar-refractivity contribution in [3.63, 3.8) is 0 Å². The molecule has 0 saturated heterocycles. The molecule has 2 rings (SSSR count). The number of nitrogens with one attached hydrogen (secondary N) is 1. The maximum Gasteiger partial charge on any atom is 0.126 e. The van der Waals surface area contributed by atoms with Gasteiger partial charge in [-0.2, -0.15) is 11.3 Å². The Morgan fingerprint density at radius 3 is 2.29 bits per heavy atom. The number of halogens is 3. The quantitative estimate of drug-likeness (QED) is 0.673. The van der Waals surface area contributed by atoms with Gasteiger partial charge in [0.2, 0.25) is 0 Å². The first-order chi connectivity index (χ1) is 8.11. The van der Waals surface area contributed by atoms with Crippen molar-refractivity contribution in [1.82, 2.24) is 5.43 Å². The summed E-state index contributed by atoms with van der Waals surface area (Å²) in [4.78, 5) is 0. The van der Waals surface area contributed by atoms with Crippen molar-refractivity contribution in [2.75, 3.05) is 0 Å². The van der Waals surface area contributed by atoms with Crippen LogP contribution in [0.25, 0.3) is 0 Å². The van der Waals surface area contributed by atoms with E-state index in [2.05, 4.69) is 21.4 Å². The molecule has 3 N–H and O–H groups in total. The lowest BCUT2D eigenvalue weighted by atomic mass is 10.0. The SMILES string of the molecule is NNC(c1cc(F)cc(F)c1)c1cscc1Br. The average molecular weight is 319 g/mol. The van der Waals surface area contributed by atoms with Crippen molar-refractivity contribution in [1.29, 1.82) is 0 Å². The lowest BCUT2D eigenvalue weighted by Crippen LogP contribution is -2.28. The summed E-state index contributed by atoms with van der Waals surface area (Å²) >= 11 is 4.85.